The molecule has 0 saturated heterocycles. The zero-order valence-corrected chi connectivity index (χ0v) is 13.6. The van der Waals surface area contributed by atoms with E-state index in [1.54, 1.807) is 24.3 Å². The van der Waals surface area contributed by atoms with Gasteiger partial charge in [0.2, 0.25) is 0 Å². The number of aryl methyl sites for hydroxylation is 2. The van der Waals surface area contributed by atoms with Crippen LogP contribution in [0.1, 0.15) is 22.3 Å². The van der Waals surface area contributed by atoms with Gasteiger partial charge < -0.3 is 15.2 Å². The summed E-state index contributed by atoms with van der Waals surface area (Å²) < 4.78 is 5.76. The van der Waals surface area contributed by atoms with Crippen molar-refractivity contribution in [3.8, 4) is 5.75 Å². The average Bonchev–Trinajstić information content (AvgIpc) is 2.92. The number of carbonyl (C=O) groups excluding carboxylic acids is 1. The van der Waals surface area contributed by atoms with E-state index in [1.165, 1.54) is 5.56 Å². The SMILES string of the molecule is Cc1cc2c(cc1C)OC(C(=O)Nc1ccc(CC(=O)O)cc1)C2. The first-order chi connectivity index (χ1) is 11.4. The van der Waals surface area contributed by atoms with Gasteiger partial charge in [-0.2, -0.15) is 0 Å². The number of rotatable bonds is 4. The van der Waals surface area contributed by atoms with Crippen LogP contribution in [-0.2, 0) is 22.4 Å². The van der Waals surface area contributed by atoms with Gasteiger partial charge in [0.25, 0.3) is 5.91 Å². The molecule has 1 heterocycles. The number of carboxylic acids is 1. The van der Waals surface area contributed by atoms with Crippen LogP contribution >= 0.6 is 0 Å². The van der Waals surface area contributed by atoms with Crippen molar-refractivity contribution in [2.75, 3.05) is 5.32 Å². The molecule has 1 unspecified atom stereocenters. The molecule has 124 valence electrons. The summed E-state index contributed by atoms with van der Waals surface area (Å²) in [6.45, 7) is 4.06. The maximum atomic E-state index is 12.4. The molecule has 0 spiro atoms. The van der Waals surface area contributed by atoms with Crippen LogP contribution in [0.2, 0.25) is 0 Å². The van der Waals surface area contributed by atoms with E-state index in [2.05, 4.69) is 11.4 Å². The summed E-state index contributed by atoms with van der Waals surface area (Å²) in [6.07, 6.45) is -0.0206. The predicted octanol–water partition coefficient (Wildman–Crippen LogP) is 2.87. The van der Waals surface area contributed by atoms with Crippen molar-refractivity contribution in [1.82, 2.24) is 0 Å². The summed E-state index contributed by atoms with van der Waals surface area (Å²) in [5.74, 6) is -0.308. The number of ether oxygens (including phenoxy) is 1. The minimum absolute atomic E-state index is 0.0338. The highest BCUT2D eigenvalue weighted by molar-refractivity contribution is 5.95. The van der Waals surface area contributed by atoms with E-state index in [4.69, 9.17) is 9.84 Å². The summed E-state index contributed by atoms with van der Waals surface area (Å²) in [5.41, 5.74) is 4.70. The highest BCUT2D eigenvalue weighted by Gasteiger charge is 2.29. The van der Waals surface area contributed by atoms with E-state index < -0.39 is 12.1 Å². The van der Waals surface area contributed by atoms with Gasteiger partial charge in [-0.05, 0) is 54.3 Å². The van der Waals surface area contributed by atoms with Gasteiger partial charge in [0, 0.05) is 12.1 Å². The Hall–Kier alpha value is -2.82. The molecular weight excluding hydrogens is 306 g/mol. The van der Waals surface area contributed by atoms with E-state index >= 15 is 0 Å². The number of aliphatic carboxylic acids is 1. The highest BCUT2D eigenvalue weighted by atomic mass is 16.5. The molecule has 0 radical (unpaired) electrons. The normalized spacial score (nSPS) is 15.5. The van der Waals surface area contributed by atoms with E-state index in [0.717, 1.165) is 16.9 Å². The minimum atomic E-state index is -0.880. The van der Waals surface area contributed by atoms with Crippen molar-refractivity contribution in [2.45, 2.75) is 32.8 Å². The van der Waals surface area contributed by atoms with Gasteiger partial charge in [-0.3, -0.25) is 9.59 Å². The summed E-state index contributed by atoms with van der Waals surface area (Å²) in [5, 5.41) is 11.6. The Bertz CT molecular complexity index is 765. The molecule has 3 rings (SSSR count). The lowest BCUT2D eigenvalue weighted by atomic mass is 10.0. The molecule has 0 aliphatic carbocycles. The maximum absolute atomic E-state index is 12.4. The standard InChI is InChI=1S/C19H19NO4/c1-11-7-14-10-17(24-16(14)8-12(11)2)19(23)20-15-5-3-13(4-6-15)9-18(21)22/h3-8,17H,9-10H2,1-2H3,(H,20,23)(H,21,22). The van der Waals surface area contributed by atoms with Crippen molar-refractivity contribution in [2.24, 2.45) is 0 Å². The largest absolute Gasteiger partial charge is 0.481 e. The molecule has 2 aromatic carbocycles. The molecule has 24 heavy (non-hydrogen) atoms. The summed E-state index contributed by atoms with van der Waals surface area (Å²) >= 11 is 0. The van der Waals surface area contributed by atoms with Crippen LogP contribution in [0.3, 0.4) is 0 Å². The number of hydrogen-bond acceptors (Lipinski definition) is 3. The number of hydrogen-bond donors (Lipinski definition) is 2. The third-order valence-corrected chi connectivity index (χ3v) is 4.22. The smallest absolute Gasteiger partial charge is 0.307 e. The van der Waals surface area contributed by atoms with Crippen LogP contribution < -0.4 is 10.1 Å². The Morgan fingerprint density at radius 2 is 1.83 bits per heavy atom. The second-order valence-electron chi connectivity index (χ2n) is 6.11. The molecule has 0 saturated carbocycles. The highest BCUT2D eigenvalue weighted by Crippen LogP contribution is 2.31. The second kappa shape index (κ2) is 6.35. The molecule has 5 nitrogen and oxygen atoms in total. The fourth-order valence-corrected chi connectivity index (χ4v) is 2.76. The maximum Gasteiger partial charge on any atom is 0.307 e. The lowest BCUT2D eigenvalue weighted by Gasteiger charge is -2.11. The predicted molar refractivity (Wildman–Crippen MR) is 90.4 cm³/mol. The molecule has 1 aliphatic heterocycles. The van der Waals surface area contributed by atoms with Gasteiger partial charge in [0.05, 0.1) is 6.42 Å². The number of carboxylic acid groups (broad SMARTS) is 1. The molecule has 1 atom stereocenters. The van der Waals surface area contributed by atoms with E-state index in [0.29, 0.717) is 17.7 Å². The van der Waals surface area contributed by atoms with Crippen molar-refractivity contribution in [3.05, 3.63) is 58.7 Å². The topological polar surface area (TPSA) is 75.6 Å². The Labute approximate surface area is 140 Å². The van der Waals surface area contributed by atoms with Crippen LogP contribution in [0.4, 0.5) is 5.69 Å². The van der Waals surface area contributed by atoms with Crippen molar-refractivity contribution in [3.63, 3.8) is 0 Å². The fraction of sp³-hybridized carbons (Fsp3) is 0.263. The summed E-state index contributed by atoms with van der Waals surface area (Å²) in [7, 11) is 0. The van der Waals surface area contributed by atoms with Crippen LogP contribution in [-0.4, -0.2) is 23.1 Å². The number of amides is 1. The number of carbonyl (C=O) groups is 2. The Balaban J connectivity index is 1.65. The Kier molecular flexibility index (Phi) is 4.25. The molecule has 0 bridgehead atoms. The van der Waals surface area contributed by atoms with Crippen LogP contribution in [0.25, 0.3) is 0 Å². The second-order valence-corrected chi connectivity index (χ2v) is 6.11. The Morgan fingerprint density at radius 1 is 1.17 bits per heavy atom. The lowest BCUT2D eigenvalue weighted by Crippen LogP contribution is -2.31. The van der Waals surface area contributed by atoms with Crippen molar-refractivity contribution >= 4 is 17.6 Å². The summed E-state index contributed by atoms with van der Waals surface area (Å²) in [6, 6.07) is 10.8. The first-order valence-corrected chi connectivity index (χ1v) is 7.81. The van der Waals surface area contributed by atoms with Gasteiger partial charge in [0.1, 0.15) is 5.75 Å². The first-order valence-electron chi connectivity index (χ1n) is 7.81. The number of benzene rings is 2. The average molecular weight is 325 g/mol. The molecule has 1 amide bonds. The van der Waals surface area contributed by atoms with Crippen LogP contribution in [0.5, 0.6) is 5.75 Å². The molecule has 2 aromatic rings. The van der Waals surface area contributed by atoms with Gasteiger partial charge in [-0.15, -0.1) is 0 Å². The van der Waals surface area contributed by atoms with E-state index in [1.807, 2.05) is 19.9 Å². The summed E-state index contributed by atoms with van der Waals surface area (Å²) in [4.78, 5) is 23.1. The zero-order chi connectivity index (χ0) is 17.3. The third kappa shape index (κ3) is 3.40. The monoisotopic (exact) mass is 325 g/mol. The van der Waals surface area contributed by atoms with Crippen molar-refractivity contribution < 1.29 is 19.4 Å². The van der Waals surface area contributed by atoms with Crippen LogP contribution in [0, 0.1) is 13.8 Å². The number of anilines is 1. The molecule has 0 aromatic heterocycles. The molecule has 5 heteroatoms. The lowest BCUT2D eigenvalue weighted by molar-refractivity contribution is -0.136. The van der Waals surface area contributed by atoms with Crippen molar-refractivity contribution in [1.29, 1.82) is 0 Å². The van der Waals surface area contributed by atoms with Gasteiger partial charge in [-0.25, -0.2) is 0 Å². The van der Waals surface area contributed by atoms with E-state index in [-0.39, 0.29) is 12.3 Å². The van der Waals surface area contributed by atoms with Gasteiger partial charge >= 0.3 is 5.97 Å². The van der Waals surface area contributed by atoms with Gasteiger partial charge in [0.15, 0.2) is 6.10 Å². The molecule has 1 aliphatic rings. The third-order valence-electron chi connectivity index (χ3n) is 4.22. The number of fused-ring (bicyclic) bond motifs is 1. The minimum Gasteiger partial charge on any atom is -0.481 e. The molecule has 0 fully saturated rings. The zero-order valence-electron chi connectivity index (χ0n) is 13.6. The quantitative estimate of drug-likeness (QED) is 0.906. The number of nitrogens with one attached hydrogen (secondary N) is 1. The first kappa shape index (κ1) is 16.1. The Morgan fingerprint density at radius 3 is 2.50 bits per heavy atom. The molecule has 2 N–H and O–H groups in total. The van der Waals surface area contributed by atoms with Crippen LogP contribution in [0.15, 0.2) is 36.4 Å². The van der Waals surface area contributed by atoms with E-state index in [9.17, 15) is 9.59 Å². The van der Waals surface area contributed by atoms with Gasteiger partial charge in [-0.1, -0.05) is 18.2 Å². The molecular formula is C19H19NO4. The fourth-order valence-electron chi connectivity index (χ4n) is 2.76.